The summed E-state index contributed by atoms with van der Waals surface area (Å²) in [7, 11) is 1.51. The number of ether oxygens (including phenoxy) is 4. The van der Waals surface area contributed by atoms with E-state index in [-0.39, 0.29) is 23.7 Å². The molecule has 4 aromatic rings. The average Bonchev–Trinajstić information content (AvgIpc) is 3.03. The highest BCUT2D eigenvalue weighted by Crippen LogP contribution is 2.38. The number of amides is 2. The van der Waals surface area contributed by atoms with Crippen molar-refractivity contribution in [2.45, 2.75) is 25.7 Å². The first-order chi connectivity index (χ1) is 22.0. The van der Waals surface area contributed by atoms with Gasteiger partial charge >= 0.3 is 18.2 Å². The number of rotatable bonds is 10. The molecule has 0 aliphatic carbocycles. The molecule has 14 heteroatoms. The van der Waals surface area contributed by atoms with Gasteiger partial charge in [-0.25, -0.2) is 4.39 Å². The minimum absolute atomic E-state index is 0.0407. The van der Waals surface area contributed by atoms with Crippen LogP contribution >= 0.6 is 0 Å². The molecule has 0 unspecified atom stereocenters. The van der Waals surface area contributed by atoms with Gasteiger partial charge in [-0.15, -0.1) is 13.2 Å². The third-order valence-corrected chi connectivity index (χ3v) is 7.32. The molecule has 2 heterocycles. The van der Waals surface area contributed by atoms with E-state index >= 15 is 4.39 Å². The maximum absolute atomic E-state index is 15.4. The minimum Gasteiger partial charge on any atom is -0.493 e. The first-order valence-electron chi connectivity index (χ1n) is 14.2. The number of carbonyl (C=O) groups is 2. The number of aromatic nitrogens is 1. The van der Waals surface area contributed by atoms with Gasteiger partial charge in [0.2, 0.25) is 0 Å². The van der Waals surface area contributed by atoms with Crippen LogP contribution < -0.4 is 34.9 Å². The Hall–Kier alpha value is -5.11. The summed E-state index contributed by atoms with van der Waals surface area (Å²) < 4.78 is 74.3. The fourth-order valence-electron chi connectivity index (χ4n) is 5.00. The number of hydrogen-bond donors (Lipinski definition) is 2. The molecule has 2 amide bonds. The van der Waals surface area contributed by atoms with Crippen LogP contribution in [0.4, 0.5) is 23.2 Å². The monoisotopic (exact) mass is 642 g/mol. The molecule has 5 rings (SSSR count). The van der Waals surface area contributed by atoms with Gasteiger partial charge in [0.15, 0.2) is 23.1 Å². The summed E-state index contributed by atoms with van der Waals surface area (Å²) in [4.78, 5) is 29.7. The molecule has 1 aliphatic heterocycles. The summed E-state index contributed by atoms with van der Waals surface area (Å²) in [6.45, 7) is 2.12. The number of hydrogen-bond acceptors (Lipinski definition) is 8. The molecular weight excluding hydrogens is 612 g/mol. The van der Waals surface area contributed by atoms with E-state index in [1.807, 2.05) is 0 Å². The van der Waals surface area contributed by atoms with Gasteiger partial charge in [0.1, 0.15) is 11.5 Å². The zero-order chi connectivity index (χ0) is 32.8. The Morgan fingerprint density at radius 2 is 1.72 bits per heavy atom. The van der Waals surface area contributed by atoms with E-state index in [9.17, 15) is 22.8 Å². The first kappa shape index (κ1) is 32.3. The lowest BCUT2D eigenvalue weighted by Crippen LogP contribution is -2.40. The van der Waals surface area contributed by atoms with Crippen LogP contribution in [0, 0.1) is 11.7 Å². The fraction of sp³-hybridized carbons (Fsp3) is 0.281. The normalized spacial score (nSPS) is 13.7. The highest BCUT2D eigenvalue weighted by atomic mass is 19.4. The Kier molecular flexibility index (Phi) is 9.75. The first-order valence-corrected chi connectivity index (χ1v) is 14.2. The third-order valence-electron chi connectivity index (χ3n) is 7.32. The van der Waals surface area contributed by atoms with Crippen molar-refractivity contribution in [3.05, 3.63) is 78.2 Å². The number of halogens is 4. The number of nitrogens with two attached hydrogens (primary N) is 1. The van der Waals surface area contributed by atoms with Crippen LogP contribution in [-0.2, 0) is 16.1 Å². The number of nitrogens with one attached hydrogen (secondary N) is 1. The van der Waals surface area contributed by atoms with Gasteiger partial charge in [-0.05, 0) is 73.8 Å². The zero-order valence-electron chi connectivity index (χ0n) is 24.6. The lowest BCUT2D eigenvalue weighted by molar-refractivity contribution is -0.274. The van der Waals surface area contributed by atoms with Crippen LogP contribution in [0.1, 0.15) is 18.4 Å². The predicted octanol–water partition coefficient (Wildman–Crippen LogP) is 5.47. The van der Waals surface area contributed by atoms with E-state index in [1.165, 1.54) is 37.6 Å². The topological polar surface area (TPSA) is 125 Å². The van der Waals surface area contributed by atoms with Crippen LogP contribution in [-0.4, -0.2) is 50.0 Å². The number of alkyl halides is 3. The van der Waals surface area contributed by atoms with Gasteiger partial charge in [0.05, 0.1) is 25.8 Å². The summed E-state index contributed by atoms with van der Waals surface area (Å²) in [5, 5.41) is 3.85. The quantitative estimate of drug-likeness (QED) is 0.172. The van der Waals surface area contributed by atoms with Crippen molar-refractivity contribution in [2.24, 2.45) is 11.7 Å². The van der Waals surface area contributed by atoms with Crippen molar-refractivity contribution in [3.8, 4) is 28.7 Å². The molecule has 1 aromatic heterocycles. The number of nitrogens with zero attached hydrogens (tertiary/aromatic N) is 2. The van der Waals surface area contributed by atoms with Crippen LogP contribution in [0.5, 0.6) is 28.7 Å². The van der Waals surface area contributed by atoms with Gasteiger partial charge in [0, 0.05) is 29.4 Å². The molecule has 3 N–H and O–H groups in total. The number of fused-ring (bicyclic) bond motifs is 1. The van der Waals surface area contributed by atoms with Crippen molar-refractivity contribution in [1.82, 2.24) is 10.3 Å². The maximum atomic E-state index is 15.4. The molecule has 0 bridgehead atoms. The highest BCUT2D eigenvalue weighted by Gasteiger charge is 2.31. The van der Waals surface area contributed by atoms with Crippen molar-refractivity contribution >= 4 is 28.4 Å². The van der Waals surface area contributed by atoms with Crippen molar-refractivity contribution in [3.63, 3.8) is 0 Å². The number of pyridine rings is 1. The molecule has 0 radical (unpaired) electrons. The Morgan fingerprint density at radius 3 is 2.37 bits per heavy atom. The number of primary amides is 1. The lowest BCUT2D eigenvalue weighted by atomic mass is 9.99. The molecule has 0 atom stereocenters. The van der Waals surface area contributed by atoms with Crippen LogP contribution in [0.3, 0.4) is 0 Å². The molecule has 242 valence electrons. The molecule has 46 heavy (non-hydrogen) atoms. The predicted molar refractivity (Wildman–Crippen MR) is 159 cm³/mol. The van der Waals surface area contributed by atoms with Crippen molar-refractivity contribution < 1.29 is 46.1 Å². The Labute approximate surface area is 261 Å². The highest BCUT2D eigenvalue weighted by molar-refractivity contribution is 6.39. The second-order valence-electron chi connectivity index (χ2n) is 10.5. The zero-order valence-corrected chi connectivity index (χ0v) is 24.6. The summed E-state index contributed by atoms with van der Waals surface area (Å²) >= 11 is 0. The second-order valence-corrected chi connectivity index (χ2v) is 10.5. The molecule has 3 aromatic carbocycles. The summed E-state index contributed by atoms with van der Waals surface area (Å²) in [6.07, 6.45) is -1.35. The van der Waals surface area contributed by atoms with Crippen LogP contribution in [0.25, 0.3) is 10.9 Å². The number of anilines is 1. The number of benzene rings is 3. The standard InChI is InChI=1S/C32H30F4N4O6/c1-43-28-15-23-25(16-29(28)44-18-20-8-11-38-12-9-20)39-13-10-26(23)45-27-7-4-21(14-24(27)33)40(31(42)30(37)41)17-19-2-5-22(6-3-19)46-32(34,35)36/h2-7,10,13-16,20,38H,8-9,11-12,17-18H2,1H3,(H2,37,41). The number of piperidine rings is 1. The van der Waals surface area contributed by atoms with Crippen LogP contribution in [0.15, 0.2) is 66.9 Å². The second kappa shape index (κ2) is 13.9. The molecular formula is C32H30F4N4O6. The van der Waals surface area contributed by atoms with E-state index in [2.05, 4.69) is 15.0 Å². The fourth-order valence-corrected chi connectivity index (χ4v) is 5.00. The lowest BCUT2D eigenvalue weighted by Gasteiger charge is -2.23. The largest absolute Gasteiger partial charge is 0.573 e. The number of carbonyl (C=O) groups excluding carboxylic acids is 2. The van der Waals surface area contributed by atoms with E-state index < -0.39 is 29.7 Å². The number of methoxy groups -OCH3 is 1. The molecule has 1 aliphatic rings. The SMILES string of the molecule is COc1cc2c(Oc3ccc(N(Cc4ccc(OC(F)(F)F)cc4)C(=O)C(N)=O)cc3F)ccnc2cc1OCC1CCNCC1. The third kappa shape index (κ3) is 7.93. The van der Waals surface area contributed by atoms with Crippen molar-refractivity contribution in [2.75, 3.05) is 31.7 Å². The molecule has 0 spiro atoms. The molecule has 1 fully saturated rings. The molecule has 10 nitrogen and oxygen atoms in total. The smallest absolute Gasteiger partial charge is 0.493 e. The van der Waals surface area contributed by atoms with E-state index in [4.69, 9.17) is 19.9 Å². The minimum atomic E-state index is -4.88. The molecule has 0 saturated carbocycles. The van der Waals surface area contributed by atoms with E-state index in [0.29, 0.717) is 40.5 Å². The van der Waals surface area contributed by atoms with Crippen LogP contribution in [0.2, 0.25) is 0 Å². The van der Waals surface area contributed by atoms with E-state index in [0.717, 1.165) is 49.0 Å². The Bertz CT molecular complexity index is 1710. The van der Waals surface area contributed by atoms with E-state index in [1.54, 1.807) is 18.2 Å². The van der Waals surface area contributed by atoms with Gasteiger partial charge in [-0.2, -0.15) is 0 Å². The summed E-state index contributed by atoms with van der Waals surface area (Å²) in [6, 6.07) is 13.2. The van der Waals surface area contributed by atoms with Gasteiger partial charge in [-0.3, -0.25) is 19.5 Å². The van der Waals surface area contributed by atoms with Gasteiger partial charge < -0.3 is 30.0 Å². The van der Waals surface area contributed by atoms with Crippen molar-refractivity contribution in [1.29, 1.82) is 0 Å². The summed E-state index contributed by atoms with van der Waals surface area (Å²) in [5.41, 5.74) is 6.02. The molecule has 1 saturated heterocycles. The van der Waals surface area contributed by atoms with Gasteiger partial charge in [0.25, 0.3) is 0 Å². The van der Waals surface area contributed by atoms with Gasteiger partial charge in [-0.1, -0.05) is 12.1 Å². The average molecular weight is 643 g/mol. The maximum Gasteiger partial charge on any atom is 0.573 e. The Balaban J connectivity index is 1.36. The Morgan fingerprint density at radius 1 is 0.978 bits per heavy atom. The summed E-state index contributed by atoms with van der Waals surface area (Å²) in [5.74, 6) is -2.34.